The average molecular weight is 332 g/mol. The van der Waals surface area contributed by atoms with Crippen molar-refractivity contribution in [3.05, 3.63) is 83.7 Å². The van der Waals surface area contributed by atoms with E-state index in [1.165, 1.54) is 49.5 Å². The van der Waals surface area contributed by atoms with Gasteiger partial charge in [-0.05, 0) is 46.5 Å². The van der Waals surface area contributed by atoms with Gasteiger partial charge >= 0.3 is 0 Å². The van der Waals surface area contributed by atoms with Crippen molar-refractivity contribution in [1.29, 1.82) is 0 Å². The summed E-state index contributed by atoms with van der Waals surface area (Å²) in [5.74, 6) is 0. The molecule has 0 unspecified atom stereocenters. The number of aromatic nitrogens is 2. The molecule has 6 rings (SSSR count). The first-order valence-electron chi connectivity index (χ1n) is 8.99. The quantitative estimate of drug-likeness (QED) is 0.328. The summed E-state index contributed by atoms with van der Waals surface area (Å²) < 4.78 is 0. The van der Waals surface area contributed by atoms with E-state index in [0.717, 1.165) is 17.5 Å². The van der Waals surface area contributed by atoms with Crippen LogP contribution < -0.4 is 0 Å². The van der Waals surface area contributed by atoms with E-state index < -0.39 is 0 Å². The van der Waals surface area contributed by atoms with Gasteiger partial charge in [-0.3, -0.25) is 4.98 Å². The molecular formula is C24H16N2. The fraction of sp³-hybridized carbons (Fsp3) is 0.0833. The van der Waals surface area contributed by atoms with Gasteiger partial charge in [0.15, 0.2) is 0 Å². The Morgan fingerprint density at radius 3 is 2.42 bits per heavy atom. The third-order valence-corrected chi connectivity index (χ3v) is 5.69. The van der Waals surface area contributed by atoms with E-state index in [2.05, 4.69) is 66.5 Å². The predicted molar refractivity (Wildman–Crippen MR) is 108 cm³/mol. The highest BCUT2D eigenvalue weighted by Gasteiger charge is 2.23. The van der Waals surface area contributed by atoms with E-state index >= 15 is 0 Å². The Morgan fingerprint density at radius 1 is 0.731 bits per heavy atom. The maximum Gasteiger partial charge on any atom is 0.0974 e. The van der Waals surface area contributed by atoms with E-state index in [0.29, 0.717) is 0 Å². The summed E-state index contributed by atoms with van der Waals surface area (Å²) in [5.41, 5.74) is 8.55. The molecule has 122 valence electrons. The van der Waals surface area contributed by atoms with Gasteiger partial charge in [0.2, 0.25) is 0 Å². The monoisotopic (exact) mass is 332 g/mol. The summed E-state index contributed by atoms with van der Waals surface area (Å²) in [6.07, 6.45) is 2.78. The Balaban J connectivity index is 1.83. The number of rotatable bonds is 0. The van der Waals surface area contributed by atoms with Gasteiger partial charge < -0.3 is 0 Å². The van der Waals surface area contributed by atoms with Gasteiger partial charge in [-0.25, -0.2) is 4.98 Å². The maximum atomic E-state index is 5.13. The van der Waals surface area contributed by atoms with Gasteiger partial charge in [-0.15, -0.1) is 0 Å². The third kappa shape index (κ3) is 1.71. The molecular weight excluding hydrogens is 316 g/mol. The molecule has 0 saturated carbocycles. The van der Waals surface area contributed by atoms with E-state index in [1.54, 1.807) is 0 Å². The zero-order chi connectivity index (χ0) is 17.3. The number of pyridine rings is 2. The SMILES string of the molecule is Cc1cccc2c1Cc1nc3c(cc1-2)c1ccccc1c1cccnc13. The number of benzene rings is 3. The van der Waals surface area contributed by atoms with Crippen LogP contribution in [0.4, 0.5) is 0 Å². The molecule has 0 N–H and O–H groups in total. The van der Waals surface area contributed by atoms with Crippen LogP contribution in [0.25, 0.3) is 43.7 Å². The van der Waals surface area contributed by atoms with Crippen LogP contribution in [0, 0.1) is 6.92 Å². The minimum absolute atomic E-state index is 0.911. The summed E-state index contributed by atoms with van der Waals surface area (Å²) in [7, 11) is 0. The molecule has 2 aromatic heterocycles. The van der Waals surface area contributed by atoms with Crippen molar-refractivity contribution in [2.75, 3.05) is 0 Å². The standard InChI is InChI=1S/C24H16N2/c1-14-6-4-9-17-19(14)13-22-20(17)12-21-16-8-3-2-7-15(16)18-10-5-11-25-23(18)24(21)26-22/h2-12H,13H2,1H3. The van der Waals surface area contributed by atoms with Gasteiger partial charge in [-0.1, -0.05) is 48.5 Å². The van der Waals surface area contributed by atoms with Crippen molar-refractivity contribution >= 4 is 32.6 Å². The molecule has 0 fully saturated rings. The molecule has 0 radical (unpaired) electrons. The van der Waals surface area contributed by atoms with Crippen LogP contribution in [0.2, 0.25) is 0 Å². The van der Waals surface area contributed by atoms with Crippen molar-refractivity contribution in [2.45, 2.75) is 13.3 Å². The van der Waals surface area contributed by atoms with Crippen LogP contribution in [0.3, 0.4) is 0 Å². The van der Waals surface area contributed by atoms with Crippen molar-refractivity contribution in [2.24, 2.45) is 0 Å². The smallest absolute Gasteiger partial charge is 0.0974 e. The molecule has 2 nitrogen and oxygen atoms in total. The van der Waals surface area contributed by atoms with Gasteiger partial charge in [-0.2, -0.15) is 0 Å². The van der Waals surface area contributed by atoms with Gasteiger partial charge in [0.05, 0.1) is 16.7 Å². The molecule has 1 aliphatic carbocycles. The molecule has 2 heterocycles. The lowest BCUT2D eigenvalue weighted by Crippen LogP contribution is -1.93. The summed E-state index contributed by atoms with van der Waals surface area (Å²) in [6, 6.07) is 21.6. The lowest BCUT2D eigenvalue weighted by Gasteiger charge is -2.11. The first-order valence-corrected chi connectivity index (χ1v) is 8.99. The minimum atomic E-state index is 0.911. The third-order valence-electron chi connectivity index (χ3n) is 5.69. The molecule has 1 aliphatic rings. The van der Waals surface area contributed by atoms with Crippen LogP contribution in [0.15, 0.2) is 66.9 Å². The van der Waals surface area contributed by atoms with Gasteiger partial charge in [0.1, 0.15) is 0 Å². The predicted octanol–water partition coefficient (Wildman–Crippen LogP) is 5.82. The van der Waals surface area contributed by atoms with Crippen molar-refractivity contribution in [1.82, 2.24) is 9.97 Å². The summed E-state index contributed by atoms with van der Waals surface area (Å²) in [6.45, 7) is 2.19. The second-order valence-electron chi connectivity index (χ2n) is 7.10. The summed E-state index contributed by atoms with van der Waals surface area (Å²) >= 11 is 0. The number of hydrogen-bond acceptors (Lipinski definition) is 2. The normalized spacial score (nSPS) is 12.7. The lowest BCUT2D eigenvalue weighted by atomic mass is 9.97. The molecule has 3 aromatic carbocycles. The van der Waals surface area contributed by atoms with Crippen LogP contribution >= 0.6 is 0 Å². The Hall–Kier alpha value is -3.26. The number of nitrogens with zero attached hydrogens (tertiary/aromatic N) is 2. The van der Waals surface area contributed by atoms with Crippen LogP contribution in [-0.2, 0) is 6.42 Å². The van der Waals surface area contributed by atoms with Gasteiger partial charge in [0.25, 0.3) is 0 Å². The molecule has 26 heavy (non-hydrogen) atoms. The largest absolute Gasteiger partial charge is 0.254 e. The highest BCUT2D eigenvalue weighted by Crippen LogP contribution is 2.41. The van der Waals surface area contributed by atoms with E-state index in [9.17, 15) is 0 Å². The zero-order valence-corrected chi connectivity index (χ0v) is 14.5. The Morgan fingerprint density at radius 2 is 1.54 bits per heavy atom. The molecule has 5 aromatic rings. The zero-order valence-electron chi connectivity index (χ0n) is 14.5. The van der Waals surface area contributed by atoms with Crippen LogP contribution in [0.5, 0.6) is 0 Å². The Labute approximate surface area is 151 Å². The maximum absolute atomic E-state index is 5.13. The Kier molecular flexibility index (Phi) is 2.63. The number of fused-ring (bicyclic) bond motifs is 9. The highest BCUT2D eigenvalue weighted by atomic mass is 14.8. The molecule has 2 heteroatoms. The number of aryl methyl sites for hydroxylation is 1. The fourth-order valence-electron chi connectivity index (χ4n) is 4.43. The molecule has 0 bridgehead atoms. The molecule has 0 amide bonds. The first-order chi connectivity index (χ1) is 12.8. The molecule has 0 atom stereocenters. The summed E-state index contributed by atoms with van der Waals surface area (Å²) in [4.78, 5) is 9.82. The lowest BCUT2D eigenvalue weighted by molar-refractivity contribution is 1.13. The van der Waals surface area contributed by atoms with Gasteiger partial charge in [0, 0.05) is 29.0 Å². The van der Waals surface area contributed by atoms with E-state index in [-0.39, 0.29) is 0 Å². The summed E-state index contributed by atoms with van der Waals surface area (Å²) in [5, 5.41) is 4.86. The van der Waals surface area contributed by atoms with E-state index in [4.69, 9.17) is 4.98 Å². The molecule has 0 aliphatic heterocycles. The molecule has 0 saturated heterocycles. The fourth-order valence-corrected chi connectivity index (χ4v) is 4.43. The van der Waals surface area contributed by atoms with E-state index in [1.807, 2.05) is 12.3 Å². The average Bonchev–Trinajstić information content (AvgIpc) is 3.06. The van der Waals surface area contributed by atoms with Crippen LogP contribution in [-0.4, -0.2) is 9.97 Å². The van der Waals surface area contributed by atoms with Crippen molar-refractivity contribution < 1.29 is 0 Å². The topological polar surface area (TPSA) is 25.8 Å². The minimum Gasteiger partial charge on any atom is -0.254 e. The molecule has 0 spiro atoms. The second-order valence-corrected chi connectivity index (χ2v) is 7.10. The first kappa shape index (κ1) is 14.0. The second kappa shape index (κ2) is 4.89. The van der Waals surface area contributed by atoms with Crippen molar-refractivity contribution in [3.63, 3.8) is 0 Å². The van der Waals surface area contributed by atoms with Crippen molar-refractivity contribution in [3.8, 4) is 11.1 Å². The number of hydrogen-bond donors (Lipinski definition) is 0. The Bertz CT molecular complexity index is 1370. The van der Waals surface area contributed by atoms with Crippen LogP contribution in [0.1, 0.15) is 16.8 Å². The highest BCUT2D eigenvalue weighted by molar-refractivity contribution is 6.23.